The van der Waals surface area contributed by atoms with Gasteiger partial charge in [0, 0.05) is 5.56 Å². The van der Waals surface area contributed by atoms with E-state index in [4.69, 9.17) is 6.42 Å². The Morgan fingerprint density at radius 1 is 1.92 bits per heavy atom. The largest absolute Gasteiger partial charge is 0.448 e. The molecule has 0 aliphatic heterocycles. The van der Waals surface area contributed by atoms with Crippen LogP contribution in [0.1, 0.15) is 16.1 Å². The summed E-state index contributed by atoms with van der Waals surface area (Å²) in [6.07, 6.45) is 6.46. The number of aromatic nitrogens is 2. The molecule has 1 heterocycles. The van der Waals surface area contributed by atoms with Crippen LogP contribution < -0.4 is 0 Å². The molecule has 0 amide bonds. The summed E-state index contributed by atoms with van der Waals surface area (Å²) < 4.78 is 4.67. The number of aromatic amines is 1. The third kappa shape index (κ3) is 1.64. The van der Waals surface area contributed by atoms with Crippen LogP contribution in [0.2, 0.25) is 0 Å². The summed E-state index contributed by atoms with van der Waals surface area (Å²) in [5.74, 6) is 1.73. The van der Waals surface area contributed by atoms with Crippen molar-refractivity contribution in [2.45, 2.75) is 6.92 Å². The topological polar surface area (TPSA) is 55.0 Å². The van der Waals surface area contributed by atoms with Gasteiger partial charge in [0.1, 0.15) is 5.69 Å². The van der Waals surface area contributed by atoms with Gasteiger partial charge < -0.3 is 4.74 Å². The molecule has 0 aromatic carbocycles. The molecule has 1 N–H and O–H groups in total. The number of H-pyrrole nitrogens is 1. The number of aryl methyl sites for hydroxylation is 1. The van der Waals surface area contributed by atoms with E-state index in [0.29, 0.717) is 5.69 Å². The molecule has 4 nitrogen and oxygen atoms in total. The van der Waals surface area contributed by atoms with Crippen LogP contribution in [0, 0.1) is 19.3 Å². The minimum atomic E-state index is -0.469. The van der Waals surface area contributed by atoms with Crippen LogP contribution in [0.4, 0.5) is 0 Å². The highest BCUT2D eigenvalue weighted by Gasteiger charge is 2.10. The molecule has 0 saturated carbocycles. The number of carbonyl (C=O) groups is 1. The zero-order valence-corrected chi connectivity index (χ0v) is 6.63. The van der Waals surface area contributed by atoms with E-state index in [9.17, 15) is 4.79 Å². The van der Waals surface area contributed by atoms with E-state index in [1.165, 1.54) is 0 Å². The van der Waals surface area contributed by atoms with Crippen molar-refractivity contribution in [2.75, 3.05) is 6.61 Å². The van der Waals surface area contributed by atoms with Crippen LogP contribution in [0.15, 0.2) is 6.20 Å². The van der Waals surface area contributed by atoms with Crippen molar-refractivity contribution in [1.82, 2.24) is 10.2 Å². The van der Waals surface area contributed by atoms with Gasteiger partial charge in [0.2, 0.25) is 0 Å². The van der Waals surface area contributed by atoms with Gasteiger partial charge in [-0.2, -0.15) is 5.10 Å². The number of carbonyl (C=O) groups excluding carboxylic acids is 1. The van der Waals surface area contributed by atoms with Crippen molar-refractivity contribution < 1.29 is 9.53 Å². The first kappa shape index (κ1) is 8.34. The molecular weight excluding hydrogens is 156 g/mol. The highest BCUT2D eigenvalue weighted by atomic mass is 16.5. The second-order valence-electron chi connectivity index (χ2n) is 2.21. The van der Waals surface area contributed by atoms with Gasteiger partial charge in [-0.3, -0.25) is 5.10 Å². The Bertz CT molecular complexity index is 322. The minimum Gasteiger partial charge on any atom is -0.448 e. The maximum Gasteiger partial charge on any atom is 0.357 e. The van der Waals surface area contributed by atoms with Crippen LogP contribution in [-0.4, -0.2) is 22.8 Å². The van der Waals surface area contributed by atoms with Crippen LogP contribution >= 0.6 is 0 Å². The fraction of sp³-hybridized carbons (Fsp3) is 0.250. The number of ether oxygens (including phenoxy) is 1. The maximum absolute atomic E-state index is 11.1. The molecule has 0 unspecified atom stereocenters. The molecule has 4 heteroatoms. The normalized spacial score (nSPS) is 9.00. The van der Waals surface area contributed by atoms with Gasteiger partial charge in [-0.1, -0.05) is 5.92 Å². The van der Waals surface area contributed by atoms with E-state index >= 15 is 0 Å². The Morgan fingerprint density at radius 3 is 3.17 bits per heavy atom. The molecule has 12 heavy (non-hydrogen) atoms. The molecule has 1 aromatic rings. The molecule has 62 valence electrons. The lowest BCUT2D eigenvalue weighted by atomic mass is 10.3. The SMILES string of the molecule is C#CCOC(=O)c1[nH]ncc1C. The molecule has 0 fully saturated rings. The molecule has 0 aliphatic rings. The van der Waals surface area contributed by atoms with Gasteiger partial charge in [-0.05, 0) is 6.92 Å². The van der Waals surface area contributed by atoms with Crippen LogP contribution in [0.3, 0.4) is 0 Å². The summed E-state index contributed by atoms with van der Waals surface area (Å²) in [5.41, 5.74) is 1.10. The monoisotopic (exact) mass is 164 g/mol. The lowest BCUT2D eigenvalue weighted by molar-refractivity contribution is 0.0549. The van der Waals surface area contributed by atoms with Crippen LogP contribution in [0.5, 0.6) is 0 Å². The summed E-state index contributed by atoms with van der Waals surface area (Å²) in [5, 5.41) is 6.19. The predicted octanol–water partition coefficient (Wildman–Crippen LogP) is 0.508. The summed E-state index contributed by atoms with van der Waals surface area (Å²) >= 11 is 0. The Morgan fingerprint density at radius 2 is 2.67 bits per heavy atom. The van der Waals surface area contributed by atoms with E-state index in [1.54, 1.807) is 13.1 Å². The van der Waals surface area contributed by atoms with Crippen molar-refractivity contribution in [3.8, 4) is 12.3 Å². The molecule has 0 saturated heterocycles. The molecule has 0 atom stereocenters. The quantitative estimate of drug-likeness (QED) is 0.511. The average molecular weight is 164 g/mol. The molecule has 1 rings (SSSR count). The first-order chi connectivity index (χ1) is 5.75. The Kier molecular flexibility index (Phi) is 2.49. The number of nitrogens with zero attached hydrogens (tertiary/aromatic N) is 1. The number of rotatable bonds is 2. The average Bonchev–Trinajstić information content (AvgIpc) is 2.47. The molecule has 0 bridgehead atoms. The number of hydrogen-bond acceptors (Lipinski definition) is 3. The van der Waals surface area contributed by atoms with E-state index in [1.807, 2.05) is 0 Å². The van der Waals surface area contributed by atoms with Crippen LogP contribution in [-0.2, 0) is 4.74 Å². The van der Waals surface area contributed by atoms with Gasteiger partial charge in [-0.15, -0.1) is 6.42 Å². The van der Waals surface area contributed by atoms with Crippen LogP contribution in [0.25, 0.3) is 0 Å². The third-order valence-corrected chi connectivity index (χ3v) is 1.32. The first-order valence-corrected chi connectivity index (χ1v) is 3.36. The van der Waals surface area contributed by atoms with E-state index in [-0.39, 0.29) is 6.61 Å². The van der Waals surface area contributed by atoms with Gasteiger partial charge in [0.15, 0.2) is 6.61 Å². The van der Waals surface area contributed by atoms with Gasteiger partial charge in [0.25, 0.3) is 0 Å². The first-order valence-electron chi connectivity index (χ1n) is 3.36. The summed E-state index contributed by atoms with van der Waals surface area (Å²) in [6.45, 7) is 1.74. The van der Waals surface area contributed by atoms with Gasteiger partial charge in [-0.25, -0.2) is 4.79 Å². The highest BCUT2D eigenvalue weighted by molar-refractivity contribution is 5.88. The zero-order valence-electron chi connectivity index (χ0n) is 6.63. The lowest BCUT2D eigenvalue weighted by Crippen LogP contribution is -2.07. The number of hydrogen-bond donors (Lipinski definition) is 1. The van der Waals surface area contributed by atoms with Gasteiger partial charge in [0.05, 0.1) is 6.20 Å². The second-order valence-corrected chi connectivity index (χ2v) is 2.21. The Labute approximate surface area is 69.9 Å². The Balaban J connectivity index is 2.67. The standard InChI is InChI=1S/C8H8N2O2/c1-3-4-12-8(11)7-6(2)5-9-10-7/h1,5H,4H2,2H3,(H,9,10). The predicted molar refractivity (Wildman–Crippen MR) is 42.4 cm³/mol. The van der Waals surface area contributed by atoms with Crippen molar-refractivity contribution in [1.29, 1.82) is 0 Å². The smallest absolute Gasteiger partial charge is 0.357 e. The lowest BCUT2D eigenvalue weighted by Gasteiger charge is -1.97. The number of terminal acetylenes is 1. The van der Waals surface area contributed by atoms with Gasteiger partial charge >= 0.3 is 5.97 Å². The van der Waals surface area contributed by atoms with Crippen molar-refractivity contribution in [2.24, 2.45) is 0 Å². The number of nitrogens with one attached hydrogen (secondary N) is 1. The van der Waals surface area contributed by atoms with Crippen molar-refractivity contribution in [3.63, 3.8) is 0 Å². The molecular formula is C8H8N2O2. The molecule has 0 aliphatic carbocycles. The Hall–Kier alpha value is -1.76. The summed E-state index contributed by atoms with van der Waals surface area (Å²) in [4.78, 5) is 11.1. The number of esters is 1. The minimum absolute atomic E-state index is 0.0166. The third-order valence-electron chi connectivity index (χ3n) is 1.32. The molecule has 1 aromatic heterocycles. The zero-order chi connectivity index (χ0) is 8.97. The van der Waals surface area contributed by atoms with E-state index in [0.717, 1.165) is 5.56 Å². The molecule has 0 spiro atoms. The highest BCUT2D eigenvalue weighted by Crippen LogP contribution is 2.03. The van der Waals surface area contributed by atoms with E-state index < -0.39 is 5.97 Å². The van der Waals surface area contributed by atoms with Crippen molar-refractivity contribution >= 4 is 5.97 Å². The fourth-order valence-electron chi connectivity index (χ4n) is 0.732. The second kappa shape index (κ2) is 3.58. The fourth-order valence-corrected chi connectivity index (χ4v) is 0.732. The summed E-state index contributed by atoms with van der Waals surface area (Å²) in [6, 6.07) is 0. The molecule has 0 radical (unpaired) electrons. The van der Waals surface area contributed by atoms with Crippen molar-refractivity contribution in [3.05, 3.63) is 17.5 Å². The summed E-state index contributed by atoms with van der Waals surface area (Å²) in [7, 11) is 0. The van der Waals surface area contributed by atoms with E-state index in [2.05, 4.69) is 20.9 Å². The maximum atomic E-state index is 11.1.